The summed E-state index contributed by atoms with van der Waals surface area (Å²) in [7, 11) is 1.62. The zero-order valence-electron chi connectivity index (χ0n) is 10.8. The molecule has 0 saturated heterocycles. The lowest BCUT2D eigenvalue weighted by Gasteiger charge is -2.10. The molecule has 1 aromatic rings. The van der Waals surface area contributed by atoms with Gasteiger partial charge in [-0.05, 0) is 12.1 Å². The van der Waals surface area contributed by atoms with Gasteiger partial charge in [0.15, 0.2) is 11.5 Å². The van der Waals surface area contributed by atoms with Gasteiger partial charge in [-0.3, -0.25) is 0 Å². The fourth-order valence-corrected chi connectivity index (χ4v) is 1.35. The van der Waals surface area contributed by atoms with E-state index in [0.29, 0.717) is 39.6 Å². The SMILES string of the molecule is COc1ccccc1OCCOCCOCCN. The highest BCUT2D eigenvalue weighted by molar-refractivity contribution is 5.39. The summed E-state index contributed by atoms with van der Waals surface area (Å²) in [6.07, 6.45) is 0. The van der Waals surface area contributed by atoms with Crippen LogP contribution in [0.15, 0.2) is 24.3 Å². The average molecular weight is 255 g/mol. The van der Waals surface area contributed by atoms with Crippen molar-refractivity contribution in [3.05, 3.63) is 24.3 Å². The van der Waals surface area contributed by atoms with Crippen LogP contribution in [0.1, 0.15) is 0 Å². The summed E-state index contributed by atoms with van der Waals surface area (Å²) in [6.45, 7) is 3.22. The summed E-state index contributed by atoms with van der Waals surface area (Å²) in [5.74, 6) is 1.45. The minimum atomic E-state index is 0.483. The Morgan fingerprint density at radius 1 is 0.889 bits per heavy atom. The van der Waals surface area contributed by atoms with Gasteiger partial charge in [-0.15, -0.1) is 0 Å². The zero-order valence-corrected chi connectivity index (χ0v) is 10.8. The molecule has 0 fully saturated rings. The normalized spacial score (nSPS) is 10.3. The van der Waals surface area contributed by atoms with Crippen LogP contribution < -0.4 is 15.2 Å². The fraction of sp³-hybridized carbons (Fsp3) is 0.538. The molecule has 0 aliphatic rings. The minimum Gasteiger partial charge on any atom is -0.493 e. The van der Waals surface area contributed by atoms with Crippen LogP contribution in [-0.2, 0) is 9.47 Å². The van der Waals surface area contributed by atoms with Crippen LogP contribution in [-0.4, -0.2) is 46.7 Å². The zero-order chi connectivity index (χ0) is 13.1. The van der Waals surface area contributed by atoms with Crippen molar-refractivity contribution in [2.24, 2.45) is 5.73 Å². The smallest absolute Gasteiger partial charge is 0.161 e. The van der Waals surface area contributed by atoms with E-state index in [4.69, 9.17) is 24.7 Å². The number of hydrogen-bond acceptors (Lipinski definition) is 5. The van der Waals surface area contributed by atoms with E-state index < -0.39 is 0 Å². The van der Waals surface area contributed by atoms with E-state index in [1.165, 1.54) is 0 Å². The standard InChI is InChI=1S/C13H21NO4/c1-15-12-4-2-3-5-13(12)18-11-10-17-9-8-16-7-6-14/h2-5H,6-11,14H2,1H3. The number of para-hydroxylation sites is 2. The van der Waals surface area contributed by atoms with E-state index in [1.807, 2.05) is 24.3 Å². The molecule has 0 radical (unpaired) electrons. The first-order chi connectivity index (χ1) is 8.88. The molecule has 102 valence electrons. The molecule has 18 heavy (non-hydrogen) atoms. The van der Waals surface area contributed by atoms with Crippen LogP contribution in [0, 0.1) is 0 Å². The molecule has 0 aromatic heterocycles. The summed E-state index contributed by atoms with van der Waals surface area (Å²) in [6, 6.07) is 7.52. The molecular formula is C13H21NO4. The molecule has 2 N–H and O–H groups in total. The van der Waals surface area contributed by atoms with Crippen LogP contribution in [0.2, 0.25) is 0 Å². The molecule has 0 aliphatic carbocycles. The molecule has 0 amide bonds. The summed E-state index contributed by atoms with van der Waals surface area (Å²) < 4.78 is 21.2. The monoisotopic (exact) mass is 255 g/mol. The summed E-state index contributed by atoms with van der Waals surface area (Å²) in [4.78, 5) is 0. The molecule has 0 heterocycles. The van der Waals surface area contributed by atoms with E-state index >= 15 is 0 Å². The second-order valence-electron chi connectivity index (χ2n) is 3.51. The average Bonchev–Trinajstić information content (AvgIpc) is 2.42. The van der Waals surface area contributed by atoms with Crippen LogP contribution in [0.3, 0.4) is 0 Å². The third kappa shape index (κ3) is 5.86. The Balaban J connectivity index is 2.07. The number of nitrogens with two attached hydrogens (primary N) is 1. The highest BCUT2D eigenvalue weighted by atomic mass is 16.5. The topological polar surface area (TPSA) is 62.9 Å². The molecule has 1 aromatic carbocycles. The lowest BCUT2D eigenvalue weighted by molar-refractivity contribution is 0.0385. The first-order valence-electron chi connectivity index (χ1n) is 6.00. The van der Waals surface area contributed by atoms with E-state index in [2.05, 4.69) is 0 Å². The Morgan fingerprint density at radius 2 is 1.50 bits per heavy atom. The highest BCUT2D eigenvalue weighted by Crippen LogP contribution is 2.25. The maximum Gasteiger partial charge on any atom is 0.161 e. The van der Waals surface area contributed by atoms with Gasteiger partial charge in [0.1, 0.15) is 6.61 Å². The van der Waals surface area contributed by atoms with Crippen molar-refractivity contribution in [2.45, 2.75) is 0 Å². The predicted octanol–water partition coefficient (Wildman–Crippen LogP) is 1.07. The van der Waals surface area contributed by atoms with Crippen molar-refractivity contribution in [3.8, 4) is 11.5 Å². The van der Waals surface area contributed by atoms with Crippen molar-refractivity contribution < 1.29 is 18.9 Å². The molecule has 0 bridgehead atoms. The Bertz CT molecular complexity index is 320. The molecule has 0 atom stereocenters. The quantitative estimate of drug-likeness (QED) is 0.633. The predicted molar refractivity (Wildman–Crippen MR) is 69.2 cm³/mol. The Labute approximate surface area is 108 Å². The lowest BCUT2D eigenvalue weighted by Crippen LogP contribution is -2.14. The van der Waals surface area contributed by atoms with E-state index in [9.17, 15) is 0 Å². The van der Waals surface area contributed by atoms with Gasteiger partial charge >= 0.3 is 0 Å². The van der Waals surface area contributed by atoms with Gasteiger partial charge in [0.05, 0.1) is 33.5 Å². The first-order valence-corrected chi connectivity index (χ1v) is 6.00. The lowest BCUT2D eigenvalue weighted by atomic mass is 10.3. The van der Waals surface area contributed by atoms with Crippen LogP contribution in [0.25, 0.3) is 0 Å². The second-order valence-corrected chi connectivity index (χ2v) is 3.51. The number of benzene rings is 1. The molecule has 0 spiro atoms. The molecular weight excluding hydrogens is 234 g/mol. The van der Waals surface area contributed by atoms with Crippen LogP contribution >= 0.6 is 0 Å². The van der Waals surface area contributed by atoms with Crippen molar-refractivity contribution >= 4 is 0 Å². The van der Waals surface area contributed by atoms with Crippen molar-refractivity contribution in [1.29, 1.82) is 0 Å². The molecule has 0 aliphatic heterocycles. The third-order valence-corrected chi connectivity index (χ3v) is 2.19. The van der Waals surface area contributed by atoms with Gasteiger partial charge in [-0.25, -0.2) is 0 Å². The van der Waals surface area contributed by atoms with Crippen LogP contribution in [0.4, 0.5) is 0 Å². The van der Waals surface area contributed by atoms with Crippen LogP contribution in [0.5, 0.6) is 11.5 Å². The third-order valence-electron chi connectivity index (χ3n) is 2.19. The van der Waals surface area contributed by atoms with Crippen molar-refractivity contribution in [2.75, 3.05) is 46.7 Å². The number of ether oxygens (including phenoxy) is 4. The maximum atomic E-state index is 5.54. The molecule has 0 unspecified atom stereocenters. The van der Waals surface area contributed by atoms with Gasteiger partial charge in [0.25, 0.3) is 0 Å². The Morgan fingerprint density at radius 3 is 2.17 bits per heavy atom. The van der Waals surface area contributed by atoms with Gasteiger partial charge in [-0.2, -0.15) is 0 Å². The van der Waals surface area contributed by atoms with Crippen molar-refractivity contribution in [1.82, 2.24) is 0 Å². The summed E-state index contributed by atoms with van der Waals surface area (Å²) in [5, 5.41) is 0. The fourth-order valence-electron chi connectivity index (χ4n) is 1.35. The second kappa shape index (κ2) is 9.70. The number of rotatable bonds is 10. The molecule has 5 nitrogen and oxygen atoms in total. The Hall–Kier alpha value is -1.30. The summed E-state index contributed by atoms with van der Waals surface area (Å²) in [5.41, 5.74) is 5.29. The first kappa shape index (κ1) is 14.8. The summed E-state index contributed by atoms with van der Waals surface area (Å²) >= 11 is 0. The van der Waals surface area contributed by atoms with Gasteiger partial charge in [-0.1, -0.05) is 12.1 Å². The van der Waals surface area contributed by atoms with E-state index in [0.717, 1.165) is 11.5 Å². The van der Waals surface area contributed by atoms with Gasteiger partial charge in [0.2, 0.25) is 0 Å². The highest BCUT2D eigenvalue weighted by Gasteiger charge is 2.01. The number of methoxy groups -OCH3 is 1. The molecule has 5 heteroatoms. The maximum absolute atomic E-state index is 5.54. The van der Waals surface area contributed by atoms with E-state index in [-0.39, 0.29) is 0 Å². The molecule has 1 rings (SSSR count). The van der Waals surface area contributed by atoms with Gasteiger partial charge < -0.3 is 24.7 Å². The van der Waals surface area contributed by atoms with Gasteiger partial charge in [0, 0.05) is 6.54 Å². The number of hydrogen-bond donors (Lipinski definition) is 1. The van der Waals surface area contributed by atoms with E-state index in [1.54, 1.807) is 7.11 Å². The molecule has 0 saturated carbocycles. The minimum absolute atomic E-state index is 0.483. The Kier molecular flexibility index (Phi) is 7.96. The largest absolute Gasteiger partial charge is 0.493 e. The van der Waals surface area contributed by atoms with Crippen molar-refractivity contribution in [3.63, 3.8) is 0 Å².